The van der Waals surface area contributed by atoms with Crippen molar-refractivity contribution in [2.45, 2.75) is 33.2 Å². The molecule has 4 nitrogen and oxygen atoms in total. The number of likely N-dealkylation sites (tertiary alicyclic amines) is 1. The monoisotopic (exact) mass is 212 g/mol. The molecule has 0 spiro atoms. The molecule has 1 heterocycles. The average molecular weight is 212 g/mol. The first kappa shape index (κ1) is 12.2. The third-order valence-corrected chi connectivity index (χ3v) is 3.06. The van der Waals surface area contributed by atoms with Gasteiger partial charge < -0.3 is 10.6 Å². The summed E-state index contributed by atoms with van der Waals surface area (Å²) in [5.74, 6) is 0.277. The molecule has 1 aliphatic rings. The first-order valence-corrected chi connectivity index (χ1v) is 5.52. The Bertz CT molecular complexity index is 263. The lowest BCUT2D eigenvalue weighted by Gasteiger charge is -2.26. The minimum atomic E-state index is -0.249. The maximum atomic E-state index is 12.0. The van der Waals surface area contributed by atoms with Crippen LogP contribution >= 0.6 is 0 Å². The number of carbonyl (C=O) groups excluding carboxylic acids is 2. The van der Waals surface area contributed by atoms with E-state index < -0.39 is 0 Å². The van der Waals surface area contributed by atoms with Crippen LogP contribution in [0.3, 0.4) is 0 Å². The fourth-order valence-corrected chi connectivity index (χ4v) is 2.12. The van der Waals surface area contributed by atoms with Crippen LogP contribution in [0.4, 0.5) is 0 Å². The maximum Gasteiger partial charge on any atom is 0.236 e. The van der Waals surface area contributed by atoms with Gasteiger partial charge in [0, 0.05) is 12.5 Å². The number of nitrogens with two attached hydrogens (primary N) is 1. The molecule has 0 aromatic heterocycles. The van der Waals surface area contributed by atoms with Gasteiger partial charge in [-0.25, -0.2) is 0 Å². The standard InChI is InChI=1S/C11H20N2O2/c1-7(2)11(15)10-8(3)4-5-13(10)9(14)6-12/h7-8,10H,4-6,12H2,1-3H3/t8-,10+/m1/s1. The Hall–Kier alpha value is -0.900. The van der Waals surface area contributed by atoms with Gasteiger partial charge in [0.2, 0.25) is 5.91 Å². The Morgan fingerprint density at radius 1 is 1.47 bits per heavy atom. The Morgan fingerprint density at radius 3 is 2.53 bits per heavy atom. The zero-order valence-corrected chi connectivity index (χ0v) is 9.69. The number of hydrogen-bond acceptors (Lipinski definition) is 3. The van der Waals surface area contributed by atoms with Gasteiger partial charge in [0.05, 0.1) is 12.6 Å². The Labute approximate surface area is 90.8 Å². The molecule has 1 saturated heterocycles. The SMILES string of the molecule is CC(C)C(=O)[C@@H]1[C@H](C)CCN1C(=O)CN. The highest BCUT2D eigenvalue weighted by atomic mass is 16.2. The molecule has 1 fully saturated rings. The van der Waals surface area contributed by atoms with E-state index in [-0.39, 0.29) is 36.1 Å². The van der Waals surface area contributed by atoms with E-state index in [4.69, 9.17) is 5.73 Å². The van der Waals surface area contributed by atoms with Crippen molar-refractivity contribution >= 4 is 11.7 Å². The van der Waals surface area contributed by atoms with Crippen molar-refractivity contribution in [1.82, 2.24) is 4.90 Å². The van der Waals surface area contributed by atoms with Crippen molar-refractivity contribution in [3.05, 3.63) is 0 Å². The molecular weight excluding hydrogens is 192 g/mol. The fourth-order valence-electron chi connectivity index (χ4n) is 2.12. The van der Waals surface area contributed by atoms with Gasteiger partial charge in [-0.15, -0.1) is 0 Å². The summed E-state index contributed by atoms with van der Waals surface area (Å²) in [5, 5.41) is 0. The first-order chi connectivity index (χ1) is 6.99. The van der Waals surface area contributed by atoms with Crippen LogP contribution in [0.25, 0.3) is 0 Å². The van der Waals surface area contributed by atoms with Crippen LogP contribution in [0.15, 0.2) is 0 Å². The summed E-state index contributed by atoms with van der Waals surface area (Å²) in [5.41, 5.74) is 5.33. The highest BCUT2D eigenvalue weighted by Crippen LogP contribution is 2.26. The van der Waals surface area contributed by atoms with E-state index in [9.17, 15) is 9.59 Å². The minimum Gasteiger partial charge on any atom is -0.331 e. The molecule has 2 N–H and O–H groups in total. The van der Waals surface area contributed by atoms with Crippen LogP contribution in [-0.2, 0) is 9.59 Å². The van der Waals surface area contributed by atoms with Gasteiger partial charge in [0.25, 0.3) is 0 Å². The molecule has 0 aliphatic carbocycles. The Kier molecular flexibility index (Phi) is 3.85. The number of rotatable bonds is 3. The van der Waals surface area contributed by atoms with Gasteiger partial charge in [-0.05, 0) is 12.3 Å². The van der Waals surface area contributed by atoms with Gasteiger partial charge in [0.1, 0.15) is 0 Å². The summed E-state index contributed by atoms with van der Waals surface area (Å²) < 4.78 is 0. The average Bonchev–Trinajstić information content (AvgIpc) is 2.57. The number of hydrogen-bond donors (Lipinski definition) is 1. The third kappa shape index (κ3) is 2.37. The van der Waals surface area contributed by atoms with Crippen molar-refractivity contribution in [2.75, 3.05) is 13.1 Å². The Balaban J connectivity index is 2.81. The van der Waals surface area contributed by atoms with E-state index in [1.807, 2.05) is 20.8 Å². The molecule has 1 aliphatic heterocycles. The zero-order chi connectivity index (χ0) is 11.6. The predicted molar refractivity (Wildman–Crippen MR) is 58.2 cm³/mol. The second-order valence-electron chi connectivity index (χ2n) is 4.56. The Morgan fingerprint density at radius 2 is 2.07 bits per heavy atom. The van der Waals surface area contributed by atoms with Crippen LogP contribution in [0.1, 0.15) is 27.2 Å². The zero-order valence-electron chi connectivity index (χ0n) is 9.69. The molecular formula is C11H20N2O2. The lowest BCUT2D eigenvalue weighted by molar-refractivity contribution is -0.138. The lowest BCUT2D eigenvalue weighted by Crippen LogP contribution is -2.46. The summed E-state index contributed by atoms with van der Waals surface area (Å²) in [7, 11) is 0. The normalized spacial score (nSPS) is 26.1. The summed E-state index contributed by atoms with van der Waals surface area (Å²) >= 11 is 0. The van der Waals surface area contributed by atoms with Gasteiger partial charge in [0.15, 0.2) is 5.78 Å². The van der Waals surface area contributed by atoms with E-state index in [0.717, 1.165) is 6.42 Å². The number of nitrogens with zero attached hydrogens (tertiary/aromatic N) is 1. The van der Waals surface area contributed by atoms with Crippen molar-refractivity contribution in [3.63, 3.8) is 0 Å². The summed E-state index contributed by atoms with van der Waals surface area (Å²) in [6.45, 7) is 6.43. The van der Waals surface area contributed by atoms with E-state index in [0.29, 0.717) is 6.54 Å². The molecule has 1 rings (SSSR count). The number of carbonyl (C=O) groups is 2. The molecule has 1 amide bonds. The molecule has 0 aromatic carbocycles. The minimum absolute atomic E-state index is 0.00536. The molecule has 0 bridgehead atoms. The second kappa shape index (κ2) is 4.75. The van der Waals surface area contributed by atoms with E-state index in [2.05, 4.69) is 0 Å². The molecule has 0 saturated carbocycles. The highest BCUT2D eigenvalue weighted by molar-refractivity contribution is 5.91. The fraction of sp³-hybridized carbons (Fsp3) is 0.818. The topological polar surface area (TPSA) is 63.4 Å². The first-order valence-electron chi connectivity index (χ1n) is 5.52. The summed E-state index contributed by atoms with van der Waals surface area (Å²) in [4.78, 5) is 25.1. The molecule has 4 heteroatoms. The van der Waals surface area contributed by atoms with Crippen LogP contribution in [0.2, 0.25) is 0 Å². The van der Waals surface area contributed by atoms with Crippen LogP contribution in [0.5, 0.6) is 0 Å². The van der Waals surface area contributed by atoms with E-state index in [1.54, 1.807) is 4.90 Å². The van der Waals surface area contributed by atoms with Gasteiger partial charge >= 0.3 is 0 Å². The molecule has 0 unspecified atom stereocenters. The van der Waals surface area contributed by atoms with Crippen LogP contribution in [0, 0.1) is 11.8 Å². The van der Waals surface area contributed by atoms with Gasteiger partial charge in [-0.2, -0.15) is 0 Å². The number of amides is 1. The van der Waals surface area contributed by atoms with Crippen molar-refractivity contribution < 1.29 is 9.59 Å². The highest BCUT2D eigenvalue weighted by Gasteiger charge is 2.39. The summed E-state index contributed by atoms with van der Waals surface area (Å²) in [6, 6.07) is -0.249. The van der Waals surface area contributed by atoms with E-state index in [1.165, 1.54) is 0 Å². The van der Waals surface area contributed by atoms with Crippen molar-refractivity contribution in [1.29, 1.82) is 0 Å². The van der Waals surface area contributed by atoms with Crippen molar-refractivity contribution in [3.8, 4) is 0 Å². The van der Waals surface area contributed by atoms with Crippen LogP contribution < -0.4 is 5.73 Å². The number of Topliss-reactive ketones (excluding diaryl/α,β-unsaturated/α-hetero) is 1. The molecule has 86 valence electrons. The smallest absolute Gasteiger partial charge is 0.236 e. The lowest BCUT2D eigenvalue weighted by atomic mass is 9.92. The second-order valence-corrected chi connectivity index (χ2v) is 4.56. The quantitative estimate of drug-likeness (QED) is 0.737. The van der Waals surface area contributed by atoms with Crippen LogP contribution in [-0.4, -0.2) is 35.7 Å². The maximum absolute atomic E-state index is 12.0. The molecule has 2 atom stereocenters. The molecule has 0 aromatic rings. The van der Waals surface area contributed by atoms with Gasteiger partial charge in [-0.3, -0.25) is 9.59 Å². The number of ketones is 1. The third-order valence-electron chi connectivity index (χ3n) is 3.06. The molecule has 0 radical (unpaired) electrons. The predicted octanol–water partition coefficient (Wildman–Crippen LogP) is 0.407. The largest absolute Gasteiger partial charge is 0.331 e. The van der Waals surface area contributed by atoms with Gasteiger partial charge in [-0.1, -0.05) is 20.8 Å². The van der Waals surface area contributed by atoms with Crippen molar-refractivity contribution in [2.24, 2.45) is 17.6 Å². The summed E-state index contributed by atoms with van der Waals surface area (Å²) in [6.07, 6.45) is 0.898. The molecule has 15 heavy (non-hydrogen) atoms. The van der Waals surface area contributed by atoms with E-state index >= 15 is 0 Å².